The van der Waals surface area contributed by atoms with Crippen molar-refractivity contribution in [2.45, 2.75) is 33.6 Å². The van der Waals surface area contributed by atoms with Crippen LogP contribution in [-0.2, 0) is 15.9 Å². The minimum atomic E-state index is -0.463. The Hall–Kier alpha value is -1.82. The highest BCUT2D eigenvalue weighted by molar-refractivity contribution is 5.98. The van der Waals surface area contributed by atoms with E-state index < -0.39 is 11.9 Å². The molecule has 0 bridgehead atoms. The van der Waals surface area contributed by atoms with Gasteiger partial charge in [0.25, 0.3) is 0 Å². The van der Waals surface area contributed by atoms with E-state index in [4.69, 9.17) is 15.2 Å². The average molecular weight is 282 g/mol. The number of aromatic amines is 1. The lowest BCUT2D eigenvalue weighted by Gasteiger charge is -2.04. The van der Waals surface area contributed by atoms with Gasteiger partial charge >= 0.3 is 11.9 Å². The second kappa shape index (κ2) is 7.69. The quantitative estimate of drug-likeness (QED) is 0.740. The summed E-state index contributed by atoms with van der Waals surface area (Å²) in [5.41, 5.74) is 7.46. The van der Waals surface area contributed by atoms with Crippen LogP contribution in [0.15, 0.2) is 0 Å². The van der Waals surface area contributed by atoms with E-state index in [1.165, 1.54) is 0 Å². The SMILES string of the molecule is CCOC(=O)c1[nH]c(CCCN)c(C(=O)OCC)c1C. The number of rotatable bonds is 7. The van der Waals surface area contributed by atoms with Gasteiger partial charge in [-0.15, -0.1) is 0 Å². The molecule has 1 rings (SSSR count). The molecule has 0 amide bonds. The highest BCUT2D eigenvalue weighted by Gasteiger charge is 2.24. The molecule has 20 heavy (non-hydrogen) atoms. The van der Waals surface area contributed by atoms with Crippen LogP contribution in [0.5, 0.6) is 0 Å². The van der Waals surface area contributed by atoms with Crippen molar-refractivity contribution in [3.05, 3.63) is 22.5 Å². The van der Waals surface area contributed by atoms with Crippen LogP contribution in [-0.4, -0.2) is 36.7 Å². The van der Waals surface area contributed by atoms with E-state index in [1.807, 2.05) is 0 Å². The summed E-state index contributed by atoms with van der Waals surface area (Å²) >= 11 is 0. The molecule has 0 unspecified atom stereocenters. The zero-order valence-corrected chi connectivity index (χ0v) is 12.2. The number of ether oxygens (including phenoxy) is 2. The number of nitrogens with two attached hydrogens (primary N) is 1. The molecule has 0 radical (unpaired) electrons. The Kier molecular flexibility index (Phi) is 6.24. The van der Waals surface area contributed by atoms with Gasteiger partial charge in [0.2, 0.25) is 0 Å². The van der Waals surface area contributed by atoms with Gasteiger partial charge in [-0.25, -0.2) is 9.59 Å². The summed E-state index contributed by atoms with van der Waals surface area (Å²) in [5, 5.41) is 0. The lowest BCUT2D eigenvalue weighted by atomic mass is 10.1. The second-order valence-electron chi connectivity index (χ2n) is 4.31. The molecule has 6 heteroatoms. The minimum Gasteiger partial charge on any atom is -0.462 e. The molecule has 112 valence electrons. The summed E-state index contributed by atoms with van der Waals surface area (Å²) in [5.74, 6) is -0.890. The van der Waals surface area contributed by atoms with Crippen LogP contribution in [0, 0.1) is 6.92 Å². The Balaban J connectivity index is 3.16. The summed E-state index contributed by atoms with van der Waals surface area (Å²) in [7, 11) is 0. The maximum atomic E-state index is 12.0. The number of hydrogen-bond donors (Lipinski definition) is 2. The number of esters is 2. The zero-order chi connectivity index (χ0) is 15.1. The first-order valence-corrected chi connectivity index (χ1v) is 6.82. The van der Waals surface area contributed by atoms with E-state index in [2.05, 4.69) is 4.98 Å². The molecule has 6 nitrogen and oxygen atoms in total. The first kappa shape index (κ1) is 16.2. The molecule has 0 aliphatic heterocycles. The summed E-state index contributed by atoms with van der Waals surface area (Å²) in [6.07, 6.45) is 1.31. The van der Waals surface area contributed by atoms with Crippen molar-refractivity contribution in [1.82, 2.24) is 4.98 Å². The summed E-state index contributed by atoms with van der Waals surface area (Å²) in [6.45, 7) is 6.26. The van der Waals surface area contributed by atoms with Gasteiger partial charge in [0.1, 0.15) is 5.69 Å². The lowest BCUT2D eigenvalue weighted by molar-refractivity contribution is 0.0517. The first-order valence-electron chi connectivity index (χ1n) is 6.82. The van der Waals surface area contributed by atoms with Crippen LogP contribution in [0.25, 0.3) is 0 Å². The molecule has 0 aromatic carbocycles. The van der Waals surface area contributed by atoms with E-state index in [0.717, 1.165) is 0 Å². The third-order valence-corrected chi connectivity index (χ3v) is 2.92. The lowest BCUT2D eigenvalue weighted by Crippen LogP contribution is -2.10. The first-order chi connectivity index (χ1) is 9.56. The van der Waals surface area contributed by atoms with Gasteiger partial charge in [0.15, 0.2) is 0 Å². The van der Waals surface area contributed by atoms with Gasteiger partial charge in [-0.2, -0.15) is 0 Å². The largest absolute Gasteiger partial charge is 0.462 e. The number of H-pyrrole nitrogens is 1. The fraction of sp³-hybridized carbons (Fsp3) is 0.571. The van der Waals surface area contributed by atoms with Gasteiger partial charge in [-0.3, -0.25) is 0 Å². The van der Waals surface area contributed by atoms with Crippen LogP contribution >= 0.6 is 0 Å². The Labute approximate surface area is 118 Å². The average Bonchev–Trinajstić information content (AvgIpc) is 2.74. The van der Waals surface area contributed by atoms with Gasteiger partial charge in [-0.1, -0.05) is 0 Å². The fourth-order valence-corrected chi connectivity index (χ4v) is 2.01. The van der Waals surface area contributed by atoms with E-state index in [9.17, 15) is 9.59 Å². The van der Waals surface area contributed by atoms with E-state index in [-0.39, 0.29) is 13.2 Å². The summed E-state index contributed by atoms with van der Waals surface area (Å²) in [4.78, 5) is 26.9. The number of hydrogen-bond acceptors (Lipinski definition) is 5. The van der Waals surface area contributed by atoms with Crippen molar-refractivity contribution in [3.8, 4) is 0 Å². The minimum absolute atomic E-state index is 0.282. The van der Waals surface area contributed by atoms with Gasteiger partial charge in [-0.05, 0) is 45.7 Å². The topological polar surface area (TPSA) is 94.4 Å². The van der Waals surface area contributed by atoms with Gasteiger partial charge in [0.05, 0.1) is 18.8 Å². The van der Waals surface area contributed by atoms with Crippen molar-refractivity contribution in [1.29, 1.82) is 0 Å². The molecule has 0 spiro atoms. The smallest absolute Gasteiger partial charge is 0.355 e. The maximum absolute atomic E-state index is 12.0. The number of aromatic nitrogens is 1. The Morgan fingerprint density at radius 1 is 1.15 bits per heavy atom. The predicted molar refractivity (Wildman–Crippen MR) is 74.8 cm³/mol. The van der Waals surface area contributed by atoms with Crippen molar-refractivity contribution >= 4 is 11.9 Å². The summed E-state index contributed by atoms with van der Waals surface area (Å²) in [6, 6.07) is 0. The number of aryl methyl sites for hydroxylation is 1. The standard InChI is InChI=1S/C14H22N2O4/c1-4-19-13(17)11-9(3)12(14(18)20-5-2)16-10(11)7-6-8-15/h16H,4-8,15H2,1-3H3. The number of carbonyl (C=O) groups excluding carboxylic acids is 2. The molecule has 3 N–H and O–H groups in total. The molecular formula is C14H22N2O4. The van der Waals surface area contributed by atoms with Crippen molar-refractivity contribution < 1.29 is 19.1 Å². The van der Waals surface area contributed by atoms with Crippen molar-refractivity contribution in [3.63, 3.8) is 0 Å². The molecule has 1 aromatic heterocycles. The van der Waals surface area contributed by atoms with Gasteiger partial charge < -0.3 is 20.2 Å². The van der Waals surface area contributed by atoms with Gasteiger partial charge in [0, 0.05) is 5.69 Å². The molecule has 0 saturated carbocycles. The molecule has 0 saturated heterocycles. The fourth-order valence-electron chi connectivity index (χ4n) is 2.01. The Morgan fingerprint density at radius 2 is 1.75 bits per heavy atom. The molecule has 1 heterocycles. The molecule has 0 fully saturated rings. The van der Waals surface area contributed by atoms with Crippen LogP contribution < -0.4 is 5.73 Å². The van der Waals surface area contributed by atoms with Crippen LogP contribution in [0.4, 0.5) is 0 Å². The summed E-state index contributed by atoms with van der Waals surface area (Å²) < 4.78 is 10.0. The monoisotopic (exact) mass is 282 g/mol. The zero-order valence-electron chi connectivity index (χ0n) is 12.2. The van der Waals surface area contributed by atoms with E-state index in [0.29, 0.717) is 41.9 Å². The third kappa shape index (κ3) is 3.60. The maximum Gasteiger partial charge on any atom is 0.355 e. The molecule has 1 aromatic rings. The van der Waals surface area contributed by atoms with E-state index in [1.54, 1.807) is 20.8 Å². The normalized spacial score (nSPS) is 10.4. The van der Waals surface area contributed by atoms with Crippen LogP contribution in [0.2, 0.25) is 0 Å². The highest BCUT2D eigenvalue weighted by Crippen LogP contribution is 2.21. The molecule has 0 aliphatic carbocycles. The molecule has 0 aliphatic rings. The molecular weight excluding hydrogens is 260 g/mol. The third-order valence-electron chi connectivity index (χ3n) is 2.92. The van der Waals surface area contributed by atoms with E-state index >= 15 is 0 Å². The predicted octanol–water partition coefficient (Wildman–Crippen LogP) is 1.57. The second-order valence-corrected chi connectivity index (χ2v) is 4.31. The van der Waals surface area contributed by atoms with Crippen LogP contribution in [0.3, 0.4) is 0 Å². The van der Waals surface area contributed by atoms with Crippen molar-refractivity contribution in [2.24, 2.45) is 5.73 Å². The number of nitrogens with one attached hydrogen (secondary N) is 1. The Bertz CT molecular complexity index is 480. The highest BCUT2D eigenvalue weighted by atomic mass is 16.5. The number of carbonyl (C=O) groups is 2. The van der Waals surface area contributed by atoms with Crippen LogP contribution in [0.1, 0.15) is 52.4 Å². The molecule has 0 atom stereocenters. The Morgan fingerprint density at radius 3 is 2.30 bits per heavy atom. The van der Waals surface area contributed by atoms with Crippen molar-refractivity contribution in [2.75, 3.05) is 19.8 Å².